The van der Waals surface area contributed by atoms with E-state index in [-0.39, 0.29) is 12.2 Å². The fourth-order valence-electron chi connectivity index (χ4n) is 0.974. The Morgan fingerprint density at radius 2 is 1.55 bits per heavy atom. The SMILES string of the molecule is O=C(OC1CCC1)OC1CC1. The molecule has 0 aliphatic heterocycles. The molecule has 0 N–H and O–H groups in total. The Labute approximate surface area is 65.7 Å². The van der Waals surface area contributed by atoms with Gasteiger partial charge in [-0.1, -0.05) is 0 Å². The first-order valence-electron chi connectivity index (χ1n) is 4.22. The first-order chi connectivity index (χ1) is 5.34. The third-order valence-corrected chi connectivity index (χ3v) is 2.10. The van der Waals surface area contributed by atoms with E-state index < -0.39 is 6.16 Å². The zero-order valence-corrected chi connectivity index (χ0v) is 6.41. The largest absolute Gasteiger partial charge is 0.508 e. The Kier molecular flexibility index (Phi) is 1.72. The Morgan fingerprint density at radius 1 is 1.00 bits per heavy atom. The molecule has 0 unspecified atom stereocenters. The summed E-state index contributed by atoms with van der Waals surface area (Å²) in [5.74, 6) is 0. The van der Waals surface area contributed by atoms with E-state index in [4.69, 9.17) is 9.47 Å². The highest BCUT2D eigenvalue weighted by Gasteiger charge is 2.29. The highest BCUT2D eigenvalue weighted by atomic mass is 16.7. The number of carbonyl (C=O) groups is 1. The first-order valence-corrected chi connectivity index (χ1v) is 4.22. The average Bonchev–Trinajstić information content (AvgIpc) is 2.62. The monoisotopic (exact) mass is 156 g/mol. The quantitative estimate of drug-likeness (QED) is 0.572. The molecular weight excluding hydrogens is 144 g/mol. The Hall–Kier alpha value is -0.730. The maximum absolute atomic E-state index is 10.9. The Bertz CT molecular complexity index is 159. The molecule has 0 heterocycles. The number of rotatable bonds is 2. The Balaban J connectivity index is 1.63. The third kappa shape index (κ3) is 1.85. The van der Waals surface area contributed by atoms with Gasteiger partial charge in [-0.25, -0.2) is 4.79 Å². The van der Waals surface area contributed by atoms with E-state index in [9.17, 15) is 4.79 Å². The molecule has 0 aromatic heterocycles. The van der Waals surface area contributed by atoms with Gasteiger partial charge in [0.1, 0.15) is 12.2 Å². The van der Waals surface area contributed by atoms with E-state index in [2.05, 4.69) is 0 Å². The zero-order valence-electron chi connectivity index (χ0n) is 6.41. The number of hydrogen-bond acceptors (Lipinski definition) is 3. The van der Waals surface area contributed by atoms with Gasteiger partial charge in [0, 0.05) is 0 Å². The van der Waals surface area contributed by atoms with Crippen LogP contribution in [-0.2, 0) is 9.47 Å². The second kappa shape index (κ2) is 2.72. The van der Waals surface area contributed by atoms with Crippen LogP contribution >= 0.6 is 0 Å². The molecule has 2 aliphatic carbocycles. The van der Waals surface area contributed by atoms with Gasteiger partial charge < -0.3 is 9.47 Å². The van der Waals surface area contributed by atoms with Crippen molar-refractivity contribution >= 4 is 6.16 Å². The molecule has 2 rings (SSSR count). The minimum Gasteiger partial charge on any atom is -0.431 e. The summed E-state index contributed by atoms with van der Waals surface area (Å²) in [6.45, 7) is 0. The van der Waals surface area contributed by atoms with Crippen molar-refractivity contribution in [1.82, 2.24) is 0 Å². The molecule has 0 radical (unpaired) electrons. The molecule has 0 amide bonds. The van der Waals surface area contributed by atoms with Gasteiger partial charge >= 0.3 is 6.16 Å². The number of hydrogen-bond donors (Lipinski definition) is 0. The molecule has 62 valence electrons. The van der Waals surface area contributed by atoms with Crippen molar-refractivity contribution in [2.24, 2.45) is 0 Å². The Morgan fingerprint density at radius 3 is 1.91 bits per heavy atom. The lowest BCUT2D eigenvalue weighted by atomic mass is 9.96. The van der Waals surface area contributed by atoms with Crippen LogP contribution in [0, 0.1) is 0 Å². The van der Waals surface area contributed by atoms with Crippen molar-refractivity contribution in [3.05, 3.63) is 0 Å². The normalized spacial score (nSPS) is 24.0. The summed E-state index contributed by atoms with van der Waals surface area (Å²) in [5.41, 5.74) is 0. The summed E-state index contributed by atoms with van der Waals surface area (Å²) in [4.78, 5) is 10.9. The maximum atomic E-state index is 10.9. The predicted molar refractivity (Wildman–Crippen MR) is 38.2 cm³/mol. The van der Waals surface area contributed by atoms with Crippen LogP contribution in [0.5, 0.6) is 0 Å². The van der Waals surface area contributed by atoms with E-state index in [0.717, 1.165) is 25.7 Å². The van der Waals surface area contributed by atoms with Crippen LogP contribution in [0.3, 0.4) is 0 Å². The summed E-state index contributed by atoms with van der Waals surface area (Å²) >= 11 is 0. The van der Waals surface area contributed by atoms with Crippen LogP contribution < -0.4 is 0 Å². The smallest absolute Gasteiger partial charge is 0.431 e. The van der Waals surface area contributed by atoms with Crippen molar-refractivity contribution in [3.63, 3.8) is 0 Å². The summed E-state index contributed by atoms with van der Waals surface area (Å²) < 4.78 is 9.88. The first kappa shape index (κ1) is 6.95. The maximum Gasteiger partial charge on any atom is 0.508 e. The molecule has 3 heteroatoms. The van der Waals surface area contributed by atoms with Crippen LogP contribution in [0.25, 0.3) is 0 Å². The van der Waals surface area contributed by atoms with E-state index in [0.29, 0.717) is 0 Å². The van der Waals surface area contributed by atoms with Crippen LogP contribution in [-0.4, -0.2) is 18.4 Å². The van der Waals surface area contributed by atoms with Crippen LogP contribution in [0.4, 0.5) is 4.79 Å². The molecule has 0 aromatic rings. The molecule has 0 spiro atoms. The molecule has 2 aliphatic rings. The van der Waals surface area contributed by atoms with E-state index in [1.807, 2.05) is 0 Å². The molecule has 0 saturated heterocycles. The summed E-state index contributed by atoms with van der Waals surface area (Å²) in [5, 5.41) is 0. The van der Waals surface area contributed by atoms with Gasteiger partial charge in [0.25, 0.3) is 0 Å². The van der Waals surface area contributed by atoms with Gasteiger partial charge in [0.15, 0.2) is 0 Å². The van der Waals surface area contributed by atoms with Gasteiger partial charge in [0.2, 0.25) is 0 Å². The van der Waals surface area contributed by atoms with Gasteiger partial charge in [-0.3, -0.25) is 0 Å². The average molecular weight is 156 g/mol. The lowest BCUT2D eigenvalue weighted by Crippen LogP contribution is -2.25. The molecule has 0 bridgehead atoms. The second-order valence-corrected chi connectivity index (χ2v) is 3.24. The van der Waals surface area contributed by atoms with Crippen molar-refractivity contribution in [3.8, 4) is 0 Å². The van der Waals surface area contributed by atoms with Crippen LogP contribution in [0.2, 0.25) is 0 Å². The standard InChI is InChI=1S/C8H12O3/c9-8(11-7-4-5-7)10-6-2-1-3-6/h6-7H,1-5H2. The fraction of sp³-hybridized carbons (Fsp3) is 0.875. The van der Waals surface area contributed by atoms with E-state index in [1.54, 1.807) is 0 Å². The molecule has 2 fully saturated rings. The summed E-state index contributed by atoms with van der Waals surface area (Å²) in [6, 6.07) is 0. The van der Waals surface area contributed by atoms with E-state index in [1.165, 1.54) is 6.42 Å². The van der Waals surface area contributed by atoms with E-state index >= 15 is 0 Å². The third-order valence-electron chi connectivity index (χ3n) is 2.10. The van der Waals surface area contributed by atoms with Crippen molar-refractivity contribution < 1.29 is 14.3 Å². The van der Waals surface area contributed by atoms with Gasteiger partial charge in [0.05, 0.1) is 0 Å². The van der Waals surface area contributed by atoms with Gasteiger partial charge in [-0.2, -0.15) is 0 Å². The lowest BCUT2D eigenvalue weighted by molar-refractivity contribution is -0.00731. The molecule has 11 heavy (non-hydrogen) atoms. The highest BCUT2D eigenvalue weighted by Crippen LogP contribution is 2.26. The predicted octanol–water partition coefficient (Wildman–Crippen LogP) is 1.85. The molecule has 3 nitrogen and oxygen atoms in total. The van der Waals surface area contributed by atoms with Crippen LogP contribution in [0.15, 0.2) is 0 Å². The molecule has 0 aromatic carbocycles. The van der Waals surface area contributed by atoms with Crippen LogP contribution in [0.1, 0.15) is 32.1 Å². The molecule has 0 atom stereocenters. The topological polar surface area (TPSA) is 35.5 Å². The number of ether oxygens (including phenoxy) is 2. The minimum atomic E-state index is -0.461. The fourth-order valence-corrected chi connectivity index (χ4v) is 0.974. The molecule has 2 saturated carbocycles. The van der Waals surface area contributed by atoms with Gasteiger partial charge in [-0.15, -0.1) is 0 Å². The number of carbonyl (C=O) groups excluding carboxylic acids is 1. The lowest BCUT2D eigenvalue weighted by Gasteiger charge is -2.24. The van der Waals surface area contributed by atoms with Gasteiger partial charge in [-0.05, 0) is 32.1 Å². The zero-order chi connectivity index (χ0) is 7.68. The summed E-state index contributed by atoms with van der Waals surface area (Å²) in [6.07, 6.45) is 5.10. The summed E-state index contributed by atoms with van der Waals surface area (Å²) in [7, 11) is 0. The molecular formula is C8H12O3. The highest BCUT2D eigenvalue weighted by molar-refractivity contribution is 5.60. The minimum absolute atomic E-state index is 0.154. The van der Waals surface area contributed by atoms with Crippen molar-refractivity contribution in [2.75, 3.05) is 0 Å². The second-order valence-electron chi connectivity index (χ2n) is 3.24. The van der Waals surface area contributed by atoms with Crippen molar-refractivity contribution in [2.45, 2.75) is 44.3 Å². The van der Waals surface area contributed by atoms with Crippen molar-refractivity contribution in [1.29, 1.82) is 0 Å².